The summed E-state index contributed by atoms with van der Waals surface area (Å²) in [4.78, 5) is 17.0. The van der Waals surface area contributed by atoms with Crippen LogP contribution >= 0.6 is 0 Å². The third-order valence-corrected chi connectivity index (χ3v) is 4.63. The minimum atomic E-state index is 0.0852. The Bertz CT molecular complexity index is 541. The van der Waals surface area contributed by atoms with Crippen molar-refractivity contribution in [2.24, 2.45) is 5.92 Å². The lowest BCUT2D eigenvalue weighted by Gasteiger charge is -2.29. The number of rotatable bonds is 3. The number of amides is 1. The van der Waals surface area contributed by atoms with E-state index in [1.807, 2.05) is 11.8 Å². The van der Waals surface area contributed by atoms with Gasteiger partial charge >= 0.3 is 0 Å². The number of carbonyl (C=O) groups excluding carboxylic acids is 1. The summed E-state index contributed by atoms with van der Waals surface area (Å²) in [5.41, 5.74) is 1.53. The van der Waals surface area contributed by atoms with Gasteiger partial charge in [-0.3, -0.25) is 9.69 Å². The van der Waals surface area contributed by atoms with E-state index >= 15 is 0 Å². The maximum absolute atomic E-state index is 12.6. The lowest BCUT2D eigenvalue weighted by molar-refractivity contribution is 0.0310. The summed E-state index contributed by atoms with van der Waals surface area (Å²) in [6.45, 7) is 8.23. The van der Waals surface area contributed by atoms with Crippen molar-refractivity contribution < 1.29 is 14.6 Å². The summed E-state index contributed by atoms with van der Waals surface area (Å²) in [6.07, 6.45) is 1.07. The van der Waals surface area contributed by atoms with Gasteiger partial charge < -0.3 is 14.7 Å². The number of likely N-dealkylation sites (tertiary alicyclic amines) is 1. The number of carbonyl (C=O) groups is 1. The maximum Gasteiger partial charge on any atom is 0.254 e. The van der Waals surface area contributed by atoms with Crippen LogP contribution in [-0.4, -0.2) is 66.8 Å². The van der Waals surface area contributed by atoms with Crippen LogP contribution in [0.1, 0.15) is 22.3 Å². The van der Waals surface area contributed by atoms with Gasteiger partial charge in [0.05, 0.1) is 13.2 Å². The molecule has 1 amide bonds. The van der Waals surface area contributed by atoms with Crippen molar-refractivity contribution in [3.8, 4) is 5.75 Å². The SMILES string of the molecule is Cc1cc(O)ccc1C(=O)N1CC[C@@H](CN2CCOCC2)C1. The number of hydrogen-bond acceptors (Lipinski definition) is 4. The van der Waals surface area contributed by atoms with Gasteiger partial charge in [-0.05, 0) is 43.0 Å². The van der Waals surface area contributed by atoms with E-state index in [0.717, 1.165) is 57.9 Å². The van der Waals surface area contributed by atoms with Crippen molar-refractivity contribution in [1.82, 2.24) is 9.80 Å². The second-order valence-electron chi connectivity index (χ2n) is 6.32. The van der Waals surface area contributed by atoms with E-state index in [1.165, 1.54) is 0 Å². The second kappa shape index (κ2) is 6.67. The van der Waals surface area contributed by atoms with Crippen molar-refractivity contribution in [2.75, 3.05) is 45.9 Å². The minimum Gasteiger partial charge on any atom is -0.508 e. The van der Waals surface area contributed by atoms with Crippen LogP contribution in [0.5, 0.6) is 5.75 Å². The molecule has 0 unspecified atom stereocenters. The van der Waals surface area contributed by atoms with Gasteiger partial charge in [0, 0.05) is 38.3 Å². The predicted octanol–water partition coefficient (Wildman–Crippen LogP) is 1.49. The zero-order valence-electron chi connectivity index (χ0n) is 13.1. The van der Waals surface area contributed by atoms with Gasteiger partial charge in [0.2, 0.25) is 0 Å². The average Bonchev–Trinajstić information content (AvgIpc) is 2.96. The Balaban J connectivity index is 1.58. The predicted molar refractivity (Wildman–Crippen MR) is 84.1 cm³/mol. The summed E-state index contributed by atoms with van der Waals surface area (Å²) >= 11 is 0. The molecule has 0 saturated carbocycles. The van der Waals surface area contributed by atoms with Crippen molar-refractivity contribution in [1.29, 1.82) is 0 Å². The van der Waals surface area contributed by atoms with Crippen LogP contribution in [0, 0.1) is 12.8 Å². The summed E-state index contributed by atoms with van der Waals surface area (Å²) in [5.74, 6) is 0.849. The summed E-state index contributed by atoms with van der Waals surface area (Å²) < 4.78 is 5.38. The van der Waals surface area contributed by atoms with Gasteiger partial charge in [0.15, 0.2) is 0 Å². The molecule has 2 fully saturated rings. The first-order valence-corrected chi connectivity index (χ1v) is 8.02. The van der Waals surface area contributed by atoms with E-state index in [4.69, 9.17) is 4.74 Å². The largest absolute Gasteiger partial charge is 0.508 e. The van der Waals surface area contributed by atoms with Gasteiger partial charge in [0.25, 0.3) is 5.91 Å². The van der Waals surface area contributed by atoms with E-state index in [0.29, 0.717) is 11.5 Å². The zero-order chi connectivity index (χ0) is 15.5. The number of phenols is 1. The molecule has 120 valence electrons. The fourth-order valence-corrected chi connectivity index (χ4v) is 3.37. The van der Waals surface area contributed by atoms with Crippen molar-refractivity contribution in [2.45, 2.75) is 13.3 Å². The van der Waals surface area contributed by atoms with Gasteiger partial charge in [-0.15, -0.1) is 0 Å². The molecular weight excluding hydrogens is 280 g/mol. The molecule has 22 heavy (non-hydrogen) atoms. The molecule has 5 nitrogen and oxygen atoms in total. The van der Waals surface area contributed by atoms with Crippen LogP contribution in [0.3, 0.4) is 0 Å². The molecule has 1 aromatic carbocycles. The molecule has 0 radical (unpaired) electrons. The Labute approximate surface area is 131 Å². The van der Waals surface area contributed by atoms with Gasteiger partial charge in [-0.2, -0.15) is 0 Å². The lowest BCUT2D eigenvalue weighted by Crippen LogP contribution is -2.40. The highest BCUT2D eigenvalue weighted by Crippen LogP contribution is 2.23. The van der Waals surface area contributed by atoms with E-state index < -0.39 is 0 Å². The number of benzene rings is 1. The fourth-order valence-electron chi connectivity index (χ4n) is 3.37. The average molecular weight is 304 g/mol. The molecule has 2 aliphatic heterocycles. The molecule has 0 spiro atoms. The van der Waals surface area contributed by atoms with Gasteiger partial charge in [-0.25, -0.2) is 0 Å². The molecule has 1 aromatic rings. The van der Waals surface area contributed by atoms with Crippen molar-refractivity contribution >= 4 is 5.91 Å². The Morgan fingerprint density at radius 2 is 2.09 bits per heavy atom. The molecule has 0 aromatic heterocycles. The number of nitrogens with zero attached hydrogens (tertiary/aromatic N) is 2. The van der Waals surface area contributed by atoms with E-state index in [9.17, 15) is 9.90 Å². The Kier molecular flexibility index (Phi) is 4.64. The number of aryl methyl sites for hydroxylation is 1. The fraction of sp³-hybridized carbons (Fsp3) is 0.588. The van der Waals surface area contributed by atoms with Crippen LogP contribution in [0.25, 0.3) is 0 Å². The molecule has 0 aliphatic carbocycles. The van der Waals surface area contributed by atoms with E-state index in [1.54, 1.807) is 18.2 Å². The summed E-state index contributed by atoms with van der Waals surface area (Å²) in [6, 6.07) is 4.96. The molecule has 2 heterocycles. The normalized spacial score (nSPS) is 23.0. The third kappa shape index (κ3) is 3.42. The molecule has 0 bridgehead atoms. The highest BCUT2D eigenvalue weighted by Gasteiger charge is 2.29. The molecule has 2 aliphatic rings. The third-order valence-electron chi connectivity index (χ3n) is 4.63. The monoisotopic (exact) mass is 304 g/mol. The lowest BCUT2D eigenvalue weighted by atomic mass is 10.1. The van der Waals surface area contributed by atoms with Crippen LogP contribution in [-0.2, 0) is 4.74 Å². The minimum absolute atomic E-state index is 0.0852. The van der Waals surface area contributed by atoms with Crippen LogP contribution in [0.4, 0.5) is 0 Å². The number of morpholine rings is 1. The first-order chi connectivity index (χ1) is 10.6. The van der Waals surface area contributed by atoms with Crippen molar-refractivity contribution in [3.05, 3.63) is 29.3 Å². The Morgan fingerprint density at radius 1 is 1.32 bits per heavy atom. The van der Waals surface area contributed by atoms with Gasteiger partial charge in [0.1, 0.15) is 5.75 Å². The van der Waals surface area contributed by atoms with Crippen molar-refractivity contribution in [3.63, 3.8) is 0 Å². The second-order valence-corrected chi connectivity index (χ2v) is 6.32. The molecule has 5 heteroatoms. The summed E-state index contributed by atoms with van der Waals surface area (Å²) in [5, 5.41) is 9.47. The highest BCUT2D eigenvalue weighted by atomic mass is 16.5. The first kappa shape index (κ1) is 15.3. The zero-order valence-corrected chi connectivity index (χ0v) is 13.1. The Morgan fingerprint density at radius 3 is 2.82 bits per heavy atom. The molecule has 3 rings (SSSR count). The van der Waals surface area contributed by atoms with E-state index in [2.05, 4.69) is 4.90 Å². The summed E-state index contributed by atoms with van der Waals surface area (Å²) in [7, 11) is 0. The maximum atomic E-state index is 12.6. The van der Waals surface area contributed by atoms with Crippen LogP contribution in [0.2, 0.25) is 0 Å². The highest BCUT2D eigenvalue weighted by molar-refractivity contribution is 5.96. The molecule has 2 saturated heterocycles. The quantitative estimate of drug-likeness (QED) is 0.919. The van der Waals surface area contributed by atoms with Gasteiger partial charge in [-0.1, -0.05) is 0 Å². The molecule has 1 atom stereocenters. The topological polar surface area (TPSA) is 53.0 Å². The van der Waals surface area contributed by atoms with Crippen LogP contribution < -0.4 is 0 Å². The molecule has 1 N–H and O–H groups in total. The number of aromatic hydroxyl groups is 1. The van der Waals surface area contributed by atoms with E-state index in [-0.39, 0.29) is 11.7 Å². The first-order valence-electron chi connectivity index (χ1n) is 8.02. The van der Waals surface area contributed by atoms with Crippen LogP contribution in [0.15, 0.2) is 18.2 Å². The Hall–Kier alpha value is -1.59. The standard InChI is InChI=1S/C17H24N2O3/c1-13-10-15(20)2-3-16(13)17(21)19-5-4-14(12-19)11-18-6-8-22-9-7-18/h2-3,10,14,20H,4-9,11-12H2,1H3/t14-/m0/s1. The smallest absolute Gasteiger partial charge is 0.254 e. The number of ether oxygens (including phenoxy) is 1. The molecular formula is C17H24N2O3. The number of hydrogen-bond donors (Lipinski definition) is 1. The number of phenolic OH excluding ortho intramolecular Hbond substituents is 1.